The highest BCUT2D eigenvalue weighted by Gasteiger charge is 2.24. The van der Waals surface area contributed by atoms with Crippen molar-refractivity contribution >= 4 is 152 Å². The molecule has 520 valence electrons. The van der Waals surface area contributed by atoms with E-state index in [0.717, 1.165) is 83.3 Å². The number of aromatic nitrogens is 8. The number of rotatable bonds is 8. The molecule has 6 aromatic heterocycles. The molecule has 0 saturated carbocycles. The van der Waals surface area contributed by atoms with Gasteiger partial charge in [0.25, 0.3) is 0 Å². The van der Waals surface area contributed by atoms with Gasteiger partial charge in [0.2, 0.25) is 11.9 Å². The fraction of sp³-hybridized carbons (Fsp3) is 0. The van der Waals surface area contributed by atoms with Crippen LogP contribution < -0.4 is 0 Å². The van der Waals surface area contributed by atoms with Crippen molar-refractivity contribution in [2.24, 2.45) is 0 Å². The molecule has 8 heteroatoms. The third kappa shape index (κ3) is 9.88. The lowest BCUT2D eigenvalue weighted by Gasteiger charge is -2.13. The maximum absolute atomic E-state index is 5.40. The molecule has 0 spiro atoms. The maximum Gasteiger partial charge on any atom is 0.235 e. The lowest BCUT2D eigenvalue weighted by Crippen LogP contribution is -2.03. The summed E-state index contributed by atoms with van der Waals surface area (Å²) in [6, 6.07) is 139. The summed E-state index contributed by atoms with van der Waals surface area (Å²) in [6.07, 6.45) is 0. The van der Waals surface area contributed by atoms with Crippen LogP contribution in [0, 0.1) is 0 Å². The van der Waals surface area contributed by atoms with Gasteiger partial charge in [0.1, 0.15) is 0 Å². The van der Waals surface area contributed by atoms with Crippen LogP contribution in [0.1, 0.15) is 0 Å². The Kier molecular flexibility index (Phi) is 14.2. The fourth-order valence-corrected chi connectivity index (χ4v) is 18.0. The van der Waals surface area contributed by atoms with E-state index in [0.29, 0.717) is 11.9 Å². The molecule has 0 atom stereocenters. The van der Waals surface area contributed by atoms with Crippen LogP contribution in [0.2, 0.25) is 0 Å². The molecule has 18 aromatic carbocycles. The molecule has 6 heterocycles. The van der Waals surface area contributed by atoms with Crippen LogP contribution in [-0.2, 0) is 0 Å². The van der Waals surface area contributed by atoms with Crippen molar-refractivity contribution in [3.8, 4) is 68.0 Å². The van der Waals surface area contributed by atoms with Gasteiger partial charge in [0, 0.05) is 76.4 Å². The minimum absolute atomic E-state index is 0.656. The van der Waals surface area contributed by atoms with Gasteiger partial charge in [0.15, 0.2) is 0 Å². The Bertz CT molecular complexity index is 8000. The summed E-state index contributed by atoms with van der Waals surface area (Å²) in [4.78, 5) is 21.2. The molecule has 24 rings (SSSR count). The third-order valence-corrected chi connectivity index (χ3v) is 23.0. The number of benzene rings is 18. The normalized spacial score (nSPS) is 11.9. The molecule has 0 amide bonds. The topological polar surface area (TPSA) is 71.3 Å². The Morgan fingerprint density at radius 3 is 0.929 bits per heavy atom. The van der Waals surface area contributed by atoms with Gasteiger partial charge >= 0.3 is 0 Å². The Balaban J connectivity index is 0.000000134. The van der Waals surface area contributed by atoms with Gasteiger partial charge < -0.3 is 9.13 Å². The summed E-state index contributed by atoms with van der Waals surface area (Å²) < 4.78 is 9.32. The highest BCUT2D eigenvalue weighted by atomic mass is 15.2. The number of hydrogen-bond donors (Lipinski definition) is 0. The van der Waals surface area contributed by atoms with Crippen molar-refractivity contribution in [3.63, 3.8) is 0 Å². The molecule has 0 bridgehead atoms. The van der Waals surface area contributed by atoms with Gasteiger partial charge in [-0.15, -0.1) is 0 Å². The van der Waals surface area contributed by atoms with Crippen molar-refractivity contribution in [2.75, 3.05) is 0 Å². The minimum atomic E-state index is 0.656. The first-order valence-corrected chi connectivity index (χ1v) is 38.2. The van der Waals surface area contributed by atoms with Crippen LogP contribution in [0.3, 0.4) is 0 Å². The predicted molar refractivity (Wildman–Crippen MR) is 468 cm³/mol. The van der Waals surface area contributed by atoms with E-state index in [9.17, 15) is 0 Å². The molecule has 112 heavy (non-hydrogen) atoms. The van der Waals surface area contributed by atoms with Crippen LogP contribution in [0.25, 0.3) is 220 Å². The van der Waals surface area contributed by atoms with Crippen LogP contribution >= 0.6 is 0 Å². The third-order valence-electron chi connectivity index (χ3n) is 23.0. The van der Waals surface area contributed by atoms with Gasteiger partial charge in [-0.25, -0.2) is 19.9 Å². The second-order valence-electron chi connectivity index (χ2n) is 29.2. The maximum atomic E-state index is 5.40. The summed E-state index contributed by atoms with van der Waals surface area (Å²) in [6.45, 7) is 0. The molecular formula is C104H64N8. The molecule has 0 fully saturated rings. The molecule has 0 N–H and O–H groups in total. The highest BCUT2D eigenvalue weighted by Crippen LogP contribution is 2.45. The van der Waals surface area contributed by atoms with Gasteiger partial charge in [-0.1, -0.05) is 297 Å². The molecule has 0 unspecified atom stereocenters. The summed E-state index contributed by atoms with van der Waals surface area (Å²) in [5.41, 5.74) is 21.9. The zero-order valence-corrected chi connectivity index (χ0v) is 60.5. The van der Waals surface area contributed by atoms with Crippen molar-refractivity contribution in [2.45, 2.75) is 0 Å². The molecule has 8 nitrogen and oxygen atoms in total. The van der Waals surface area contributed by atoms with Crippen LogP contribution in [-0.4, -0.2) is 38.2 Å². The van der Waals surface area contributed by atoms with Crippen LogP contribution in [0.4, 0.5) is 0 Å². The summed E-state index contributed by atoms with van der Waals surface area (Å²) in [5.74, 6) is 1.31. The van der Waals surface area contributed by atoms with E-state index in [-0.39, 0.29) is 0 Å². The monoisotopic (exact) mass is 1420 g/mol. The lowest BCUT2D eigenvalue weighted by molar-refractivity contribution is 1.01. The smallest absolute Gasteiger partial charge is 0.235 e. The van der Waals surface area contributed by atoms with Gasteiger partial charge in [-0.2, -0.15) is 0 Å². The average molecular weight is 1430 g/mol. The summed E-state index contributed by atoms with van der Waals surface area (Å²) >= 11 is 0. The van der Waals surface area contributed by atoms with Crippen molar-refractivity contribution in [1.82, 2.24) is 38.2 Å². The second kappa shape index (κ2) is 25.3. The van der Waals surface area contributed by atoms with Gasteiger partial charge in [0.05, 0.1) is 66.6 Å². The van der Waals surface area contributed by atoms with Crippen LogP contribution in [0.15, 0.2) is 388 Å². The number of fused-ring (bicyclic) bond motifs is 22. The molecule has 0 radical (unpaired) electrons. The molecule has 0 saturated heterocycles. The Morgan fingerprint density at radius 1 is 0.161 bits per heavy atom. The second-order valence-corrected chi connectivity index (χ2v) is 29.2. The van der Waals surface area contributed by atoms with Crippen LogP contribution in [0.5, 0.6) is 0 Å². The van der Waals surface area contributed by atoms with Crippen molar-refractivity contribution in [1.29, 1.82) is 0 Å². The zero-order valence-electron chi connectivity index (χ0n) is 60.5. The van der Waals surface area contributed by atoms with Crippen molar-refractivity contribution < 1.29 is 0 Å². The van der Waals surface area contributed by atoms with E-state index in [2.05, 4.69) is 407 Å². The predicted octanol–water partition coefficient (Wildman–Crippen LogP) is 26.9. The first-order chi connectivity index (χ1) is 55.6. The quantitative estimate of drug-likeness (QED) is 0.152. The SMILES string of the molecule is c1ccc(-c2ccc(-c3nc(-n4c5ccccc5c5c6ccc(-n7c8ccccc8c8c9ccccc9ccc87)cc6ccc54)nc4ccccc34)cc2)cc1.c1ccc(-c2cccc(-c3nc(-n4c5ccccc5c5c6ccc(-n7c8ccccc8c8c9ccccc9ccc87)cc6ccc54)nc4ccccc34)c2)cc1. The Labute approximate surface area is 642 Å². The number of hydrogen-bond acceptors (Lipinski definition) is 4. The Morgan fingerprint density at radius 2 is 0.473 bits per heavy atom. The largest absolute Gasteiger partial charge is 0.309 e. The van der Waals surface area contributed by atoms with Gasteiger partial charge in [-0.3, -0.25) is 9.13 Å². The van der Waals surface area contributed by atoms with E-state index in [4.69, 9.17) is 19.9 Å². The summed E-state index contributed by atoms with van der Waals surface area (Å²) in [5, 5.41) is 21.7. The molecule has 0 aliphatic carbocycles. The minimum Gasteiger partial charge on any atom is -0.309 e. The summed E-state index contributed by atoms with van der Waals surface area (Å²) in [7, 11) is 0. The average Bonchev–Trinajstić information content (AvgIpc) is 1.57. The highest BCUT2D eigenvalue weighted by molar-refractivity contribution is 6.26. The molecule has 0 aliphatic heterocycles. The lowest BCUT2D eigenvalue weighted by atomic mass is 10.00. The first-order valence-electron chi connectivity index (χ1n) is 38.2. The molecular weight excluding hydrogens is 1360 g/mol. The van der Waals surface area contributed by atoms with E-state index in [1.54, 1.807) is 0 Å². The van der Waals surface area contributed by atoms with E-state index in [1.165, 1.54) is 125 Å². The van der Waals surface area contributed by atoms with Gasteiger partial charge in [-0.05, 0) is 156 Å². The number of nitrogens with zero attached hydrogens (tertiary/aromatic N) is 8. The standard InChI is InChI=1S/2C52H32N4/c1-2-13-33(14-3-1)35-16-12-17-37(31-35)51-41-19-6-9-22-44(41)53-52(54-51)56-46-24-11-8-21-43(46)50-40-28-27-38(32-36(40)26-30-48(50)56)55-45-23-10-7-20-42(45)49-39-18-5-4-15-34(39)25-29-47(49)55;1-2-12-33(13-3-1)34-22-24-36(25-23-34)51-41-16-6-9-19-44(41)53-52(54-51)56-46-21-11-8-18-43(46)50-40-29-28-38(32-37(40)27-31-48(50)56)55-45-20-10-7-17-42(45)49-39-15-5-4-14-35(39)26-30-47(49)55/h2*1-32H. The molecule has 24 aromatic rings. The Hall–Kier alpha value is -15.1. The molecule has 0 aliphatic rings. The van der Waals surface area contributed by atoms with Crippen molar-refractivity contribution in [3.05, 3.63) is 388 Å². The van der Waals surface area contributed by atoms with E-state index >= 15 is 0 Å². The van der Waals surface area contributed by atoms with E-state index < -0.39 is 0 Å². The fourth-order valence-electron chi connectivity index (χ4n) is 18.0. The zero-order chi connectivity index (χ0) is 73.5. The number of para-hydroxylation sites is 6. The first kappa shape index (κ1) is 63.0. The van der Waals surface area contributed by atoms with E-state index in [1.807, 2.05) is 0 Å².